The molecule has 0 aliphatic carbocycles. The molecule has 0 spiro atoms. The Kier molecular flexibility index (Phi) is 6.34. The summed E-state index contributed by atoms with van der Waals surface area (Å²) >= 11 is 3.45. The van der Waals surface area contributed by atoms with Crippen molar-refractivity contribution in [3.63, 3.8) is 0 Å². The first-order valence-electron chi connectivity index (χ1n) is 8.82. The van der Waals surface area contributed by atoms with E-state index >= 15 is 0 Å². The third-order valence-corrected chi connectivity index (χ3v) is 4.15. The van der Waals surface area contributed by atoms with E-state index in [0.717, 1.165) is 10.0 Å². The predicted octanol–water partition coefficient (Wildman–Crippen LogP) is 5.36. The van der Waals surface area contributed by atoms with Crippen molar-refractivity contribution in [3.05, 3.63) is 40.9 Å². The van der Waals surface area contributed by atoms with E-state index < -0.39 is 0 Å². The number of nitrogens with zero attached hydrogens (tertiary/aromatic N) is 2. The van der Waals surface area contributed by atoms with Crippen LogP contribution < -0.4 is 14.2 Å². The number of aromatic nitrogens is 2. The third-order valence-electron chi connectivity index (χ3n) is 3.65. The van der Waals surface area contributed by atoms with E-state index in [4.69, 9.17) is 18.6 Å². The van der Waals surface area contributed by atoms with Crippen molar-refractivity contribution in [2.75, 3.05) is 19.8 Å². The van der Waals surface area contributed by atoms with Crippen molar-refractivity contribution < 1.29 is 18.6 Å². The summed E-state index contributed by atoms with van der Waals surface area (Å²) in [6.45, 7) is 7.26. The molecule has 0 unspecified atom stereocenters. The first-order valence-corrected chi connectivity index (χ1v) is 9.61. The molecule has 142 valence electrons. The van der Waals surface area contributed by atoms with Crippen LogP contribution in [-0.4, -0.2) is 30.0 Å². The third kappa shape index (κ3) is 4.42. The highest BCUT2D eigenvalue weighted by Gasteiger charge is 2.19. The molecule has 0 saturated carbocycles. The highest BCUT2D eigenvalue weighted by molar-refractivity contribution is 9.10. The second kappa shape index (κ2) is 8.90. The zero-order chi connectivity index (χ0) is 19.2. The Labute approximate surface area is 166 Å². The Hall–Kier alpha value is -2.54. The van der Waals surface area contributed by atoms with Gasteiger partial charge in [0.05, 0.1) is 19.8 Å². The molecular weight excluding hydrogens is 412 g/mol. The molecule has 1 aromatic heterocycles. The highest BCUT2D eigenvalue weighted by Crippen LogP contribution is 2.42. The first kappa shape index (κ1) is 19.2. The minimum atomic E-state index is 0.384. The highest BCUT2D eigenvalue weighted by atomic mass is 79.9. The van der Waals surface area contributed by atoms with Crippen molar-refractivity contribution in [1.82, 2.24) is 10.2 Å². The number of hydrogen-bond acceptors (Lipinski definition) is 6. The van der Waals surface area contributed by atoms with Crippen LogP contribution in [0.15, 0.2) is 45.3 Å². The fraction of sp³-hybridized carbons (Fsp3) is 0.300. The van der Waals surface area contributed by atoms with Crippen molar-refractivity contribution in [2.45, 2.75) is 20.8 Å². The van der Waals surface area contributed by atoms with E-state index in [-0.39, 0.29) is 0 Å². The summed E-state index contributed by atoms with van der Waals surface area (Å²) in [6, 6.07) is 11.4. The van der Waals surface area contributed by atoms with Gasteiger partial charge in [0.25, 0.3) is 0 Å². The zero-order valence-corrected chi connectivity index (χ0v) is 17.1. The molecule has 3 rings (SSSR count). The molecule has 7 heteroatoms. The van der Waals surface area contributed by atoms with Gasteiger partial charge < -0.3 is 18.6 Å². The van der Waals surface area contributed by atoms with E-state index in [1.807, 2.05) is 57.2 Å². The second-order valence-electron chi connectivity index (χ2n) is 5.52. The molecule has 0 aliphatic rings. The molecule has 0 aliphatic heterocycles. The Balaban J connectivity index is 2.03. The van der Waals surface area contributed by atoms with E-state index in [0.29, 0.717) is 54.4 Å². The van der Waals surface area contributed by atoms with Gasteiger partial charge in [-0.25, -0.2) is 0 Å². The van der Waals surface area contributed by atoms with Crippen LogP contribution in [0.3, 0.4) is 0 Å². The van der Waals surface area contributed by atoms with Crippen molar-refractivity contribution >= 4 is 15.9 Å². The van der Waals surface area contributed by atoms with Gasteiger partial charge in [-0.05, 0) is 51.1 Å². The number of halogens is 1. The maximum Gasteiger partial charge on any atom is 0.248 e. The fourth-order valence-corrected chi connectivity index (χ4v) is 2.99. The molecular formula is C20H21BrN2O4. The molecule has 0 N–H and O–H groups in total. The Bertz CT molecular complexity index is 883. The molecule has 0 saturated heterocycles. The minimum Gasteiger partial charge on any atom is -0.490 e. The van der Waals surface area contributed by atoms with Crippen LogP contribution in [0, 0.1) is 0 Å². The lowest BCUT2D eigenvalue weighted by molar-refractivity contribution is 0.261. The average molecular weight is 433 g/mol. The lowest BCUT2D eigenvalue weighted by atomic mass is 10.1. The minimum absolute atomic E-state index is 0.384. The van der Waals surface area contributed by atoms with Gasteiger partial charge in [-0.2, -0.15) is 0 Å². The first-order chi connectivity index (χ1) is 13.2. The van der Waals surface area contributed by atoms with Gasteiger partial charge in [-0.1, -0.05) is 22.0 Å². The SMILES string of the molecule is CCOc1cc(-c2nnc(-c3cccc(Br)c3)o2)cc(OCC)c1OCC. The van der Waals surface area contributed by atoms with Crippen molar-refractivity contribution in [1.29, 1.82) is 0 Å². The quantitative estimate of drug-likeness (QED) is 0.476. The normalized spacial score (nSPS) is 10.7. The molecule has 2 aromatic carbocycles. The van der Waals surface area contributed by atoms with Gasteiger partial charge >= 0.3 is 0 Å². The van der Waals surface area contributed by atoms with Crippen LogP contribution in [0.4, 0.5) is 0 Å². The number of benzene rings is 2. The van der Waals surface area contributed by atoms with Gasteiger partial charge in [-0.15, -0.1) is 10.2 Å². The van der Waals surface area contributed by atoms with Gasteiger partial charge in [0.2, 0.25) is 17.5 Å². The molecule has 1 heterocycles. The molecule has 0 radical (unpaired) electrons. The topological polar surface area (TPSA) is 66.6 Å². The van der Waals surface area contributed by atoms with Crippen molar-refractivity contribution in [3.8, 4) is 40.2 Å². The fourth-order valence-electron chi connectivity index (χ4n) is 2.59. The molecule has 27 heavy (non-hydrogen) atoms. The molecule has 0 fully saturated rings. The zero-order valence-electron chi connectivity index (χ0n) is 15.5. The lowest BCUT2D eigenvalue weighted by Gasteiger charge is -2.16. The number of rotatable bonds is 8. The number of hydrogen-bond donors (Lipinski definition) is 0. The summed E-state index contributed by atoms with van der Waals surface area (Å²) in [5, 5.41) is 8.35. The van der Waals surface area contributed by atoms with Crippen molar-refractivity contribution in [2.24, 2.45) is 0 Å². The molecule has 0 atom stereocenters. The Morgan fingerprint density at radius 2 is 1.41 bits per heavy atom. The standard InChI is InChI=1S/C20H21BrN2O4/c1-4-24-16-11-14(12-17(25-5-2)18(16)26-6-3)20-23-22-19(27-20)13-8-7-9-15(21)10-13/h7-12H,4-6H2,1-3H3. The van der Waals surface area contributed by atoms with Gasteiger partial charge in [0.15, 0.2) is 11.5 Å². The van der Waals surface area contributed by atoms with Crippen LogP contribution >= 0.6 is 15.9 Å². The van der Waals surface area contributed by atoms with Crippen LogP contribution in [0.1, 0.15) is 20.8 Å². The van der Waals surface area contributed by atoms with Crippen LogP contribution in [0.25, 0.3) is 22.9 Å². The Morgan fingerprint density at radius 1 is 0.815 bits per heavy atom. The van der Waals surface area contributed by atoms with E-state index in [9.17, 15) is 0 Å². The summed E-state index contributed by atoms with van der Waals surface area (Å²) in [4.78, 5) is 0. The molecule has 0 bridgehead atoms. The van der Waals surface area contributed by atoms with Crippen LogP contribution in [0.2, 0.25) is 0 Å². The second-order valence-corrected chi connectivity index (χ2v) is 6.44. The largest absolute Gasteiger partial charge is 0.490 e. The van der Waals surface area contributed by atoms with Crippen LogP contribution in [0.5, 0.6) is 17.2 Å². The predicted molar refractivity (Wildman–Crippen MR) is 106 cm³/mol. The van der Waals surface area contributed by atoms with Crippen LogP contribution in [-0.2, 0) is 0 Å². The van der Waals surface area contributed by atoms with Gasteiger partial charge in [-0.3, -0.25) is 0 Å². The lowest BCUT2D eigenvalue weighted by Crippen LogP contribution is -2.03. The smallest absolute Gasteiger partial charge is 0.248 e. The Morgan fingerprint density at radius 3 is 1.96 bits per heavy atom. The summed E-state index contributed by atoms with van der Waals surface area (Å²) in [7, 11) is 0. The monoisotopic (exact) mass is 432 g/mol. The summed E-state index contributed by atoms with van der Waals surface area (Å²) in [6.07, 6.45) is 0. The summed E-state index contributed by atoms with van der Waals surface area (Å²) < 4.78 is 24.0. The molecule has 3 aromatic rings. The maximum absolute atomic E-state index is 5.88. The molecule has 0 amide bonds. The van der Waals surface area contributed by atoms with Gasteiger partial charge in [0.1, 0.15) is 0 Å². The summed E-state index contributed by atoms with van der Waals surface area (Å²) in [5.41, 5.74) is 1.54. The van der Waals surface area contributed by atoms with E-state index in [1.165, 1.54) is 0 Å². The van der Waals surface area contributed by atoms with E-state index in [1.54, 1.807) is 0 Å². The van der Waals surface area contributed by atoms with Gasteiger partial charge in [0, 0.05) is 15.6 Å². The number of ether oxygens (including phenoxy) is 3. The molecule has 6 nitrogen and oxygen atoms in total. The summed E-state index contributed by atoms with van der Waals surface area (Å²) in [5.74, 6) is 2.58. The van der Waals surface area contributed by atoms with E-state index in [2.05, 4.69) is 26.1 Å². The average Bonchev–Trinajstić information content (AvgIpc) is 3.15. The maximum atomic E-state index is 5.88.